The van der Waals surface area contributed by atoms with Crippen LogP contribution in [0.25, 0.3) is 11.0 Å². The molecule has 0 fully saturated rings. The molecule has 0 aliphatic rings. The Kier molecular flexibility index (Phi) is 7.43. The number of aromatic nitrogens is 2. The van der Waals surface area contributed by atoms with Gasteiger partial charge in [0.05, 0.1) is 17.1 Å². The largest absolute Gasteiger partial charge is 0.344 e. The molecule has 0 radical (unpaired) electrons. The zero-order chi connectivity index (χ0) is 24.1. The van der Waals surface area contributed by atoms with E-state index in [1.807, 2.05) is 60.8 Å². The van der Waals surface area contributed by atoms with Crippen LogP contribution < -0.4 is 10.6 Å². The molecule has 1 atom stereocenters. The molecule has 0 aliphatic heterocycles. The van der Waals surface area contributed by atoms with Crippen LogP contribution in [-0.2, 0) is 17.6 Å². The molecule has 0 saturated carbocycles. The lowest BCUT2D eigenvalue weighted by atomic mass is 10.0. The van der Waals surface area contributed by atoms with E-state index in [1.54, 1.807) is 11.3 Å². The monoisotopic (exact) mass is 474 g/mol. The summed E-state index contributed by atoms with van der Waals surface area (Å²) in [6.45, 7) is 6.06. The maximum absolute atomic E-state index is 13.0. The van der Waals surface area contributed by atoms with E-state index in [1.165, 1.54) is 5.56 Å². The minimum Gasteiger partial charge on any atom is -0.344 e. The average Bonchev–Trinajstić information content (AvgIpc) is 3.51. The Morgan fingerprint density at radius 1 is 1.06 bits per heavy atom. The Morgan fingerprint density at radius 3 is 2.53 bits per heavy atom. The fraction of sp³-hybridized carbons (Fsp3) is 0.296. The van der Waals surface area contributed by atoms with E-state index in [0.29, 0.717) is 17.9 Å². The quantitative estimate of drug-likeness (QED) is 0.283. The number of hydrogen-bond donors (Lipinski definition) is 3. The highest BCUT2D eigenvalue weighted by molar-refractivity contribution is 7.10. The lowest BCUT2D eigenvalue weighted by Crippen LogP contribution is -2.31. The number of nitrogens with zero attached hydrogens (tertiary/aromatic N) is 1. The molecule has 0 saturated heterocycles. The van der Waals surface area contributed by atoms with Crippen LogP contribution in [0, 0.1) is 5.92 Å². The maximum Gasteiger partial charge on any atom is 0.251 e. The van der Waals surface area contributed by atoms with Gasteiger partial charge in [-0.1, -0.05) is 39.0 Å². The molecule has 3 N–H and O–H groups in total. The number of imidazole rings is 1. The van der Waals surface area contributed by atoms with Crippen LogP contribution in [0.3, 0.4) is 0 Å². The normalized spacial score (nSPS) is 12.1. The average molecular weight is 475 g/mol. The minimum absolute atomic E-state index is 0.00863. The summed E-state index contributed by atoms with van der Waals surface area (Å²) >= 11 is 1.66. The molecule has 2 heterocycles. The lowest BCUT2D eigenvalue weighted by molar-refractivity contribution is -0.115. The smallest absolute Gasteiger partial charge is 0.251 e. The second-order valence-electron chi connectivity index (χ2n) is 8.72. The first-order valence-corrected chi connectivity index (χ1v) is 12.5. The van der Waals surface area contributed by atoms with Crippen molar-refractivity contribution in [2.24, 2.45) is 5.92 Å². The summed E-state index contributed by atoms with van der Waals surface area (Å²) in [5, 5.41) is 8.08. The van der Waals surface area contributed by atoms with E-state index in [0.717, 1.165) is 40.3 Å². The van der Waals surface area contributed by atoms with E-state index < -0.39 is 0 Å². The maximum atomic E-state index is 13.0. The third kappa shape index (κ3) is 5.72. The second kappa shape index (κ2) is 10.7. The van der Waals surface area contributed by atoms with E-state index in [-0.39, 0.29) is 17.9 Å². The predicted octanol–water partition coefficient (Wildman–Crippen LogP) is 5.89. The van der Waals surface area contributed by atoms with Gasteiger partial charge in [0, 0.05) is 29.0 Å². The first-order valence-electron chi connectivity index (χ1n) is 11.6. The number of fused-ring (bicyclic) bond motifs is 1. The first-order chi connectivity index (χ1) is 16.4. The minimum atomic E-state index is -0.0830. The summed E-state index contributed by atoms with van der Waals surface area (Å²) in [5.41, 5.74) is 4.31. The number of benzene rings is 2. The number of carbonyl (C=O) groups is 2. The van der Waals surface area contributed by atoms with Crippen LogP contribution in [0.15, 0.2) is 60.0 Å². The fourth-order valence-electron chi connectivity index (χ4n) is 3.85. The number of aromatic amines is 1. The van der Waals surface area contributed by atoms with Crippen LogP contribution >= 0.6 is 11.3 Å². The standard InChI is InChI=1S/C27H30N4O2S/c1-4-25(32)28-20-11-7-18(8-12-20)9-14-24-29-21-13-10-19(16-22(21)30-24)27(33)31-26(17(2)3)23-6-5-15-34-23/h5-8,10-13,15-17,26H,4,9,14H2,1-3H3,(H,28,32)(H,29,30)(H,31,33)/t26-/m0/s1. The Hall–Kier alpha value is -3.45. The van der Waals surface area contributed by atoms with Gasteiger partial charge in [0.1, 0.15) is 5.82 Å². The zero-order valence-electron chi connectivity index (χ0n) is 19.7. The van der Waals surface area contributed by atoms with Crippen LogP contribution in [0.5, 0.6) is 0 Å². The Labute approximate surface area is 203 Å². The molecule has 0 spiro atoms. The number of nitrogens with one attached hydrogen (secondary N) is 3. The van der Waals surface area contributed by atoms with Crippen molar-refractivity contribution in [3.63, 3.8) is 0 Å². The van der Waals surface area contributed by atoms with Crippen LogP contribution in [-0.4, -0.2) is 21.8 Å². The number of carbonyl (C=O) groups excluding carboxylic acids is 2. The fourth-order valence-corrected chi connectivity index (χ4v) is 4.80. The molecular weight excluding hydrogens is 444 g/mol. The van der Waals surface area contributed by atoms with E-state index >= 15 is 0 Å². The third-order valence-electron chi connectivity index (χ3n) is 5.81. The summed E-state index contributed by atoms with van der Waals surface area (Å²) in [4.78, 5) is 33.7. The van der Waals surface area contributed by atoms with Gasteiger partial charge in [-0.3, -0.25) is 9.59 Å². The number of thiophene rings is 1. The molecule has 0 bridgehead atoms. The lowest BCUT2D eigenvalue weighted by Gasteiger charge is -2.21. The second-order valence-corrected chi connectivity index (χ2v) is 9.70. The van der Waals surface area contributed by atoms with Gasteiger partial charge in [-0.2, -0.15) is 0 Å². The van der Waals surface area contributed by atoms with Crippen molar-refractivity contribution in [3.8, 4) is 0 Å². The Balaban J connectivity index is 1.41. The zero-order valence-corrected chi connectivity index (χ0v) is 20.5. The highest BCUT2D eigenvalue weighted by Gasteiger charge is 2.20. The van der Waals surface area contributed by atoms with Gasteiger partial charge in [0.15, 0.2) is 0 Å². The van der Waals surface area contributed by atoms with Gasteiger partial charge in [-0.05, 0) is 59.7 Å². The third-order valence-corrected chi connectivity index (χ3v) is 6.76. The summed E-state index contributed by atoms with van der Waals surface area (Å²) in [6, 6.07) is 17.6. The molecule has 2 aromatic carbocycles. The molecular formula is C27H30N4O2S. The highest BCUT2D eigenvalue weighted by Crippen LogP contribution is 2.26. The van der Waals surface area contributed by atoms with Crippen LogP contribution in [0.2, 0.25) is 0 Å². The molecule has 7 heteroatoms. The molecule has 34 heavy (non-hydrogen) atoms. The van der Waals surface area contributed by atoms with Gasteiger partial charge >= 0.3 is 0 Å². The SMILES string of the molecule is CCC(=O)Nc1ccc(CCc2nc3ccc(C(=O)N[C@H](c4cccs4)C(C)C)cc3[nH]2)cc1. The van der Waals surface area contributed by atoms with E-state index in [4.69, 9.17) is 0 Å². The van der Waals surface area contributed by atoms with Gasteiger partial charge < -0.3 is 15.6 Å². The molecule has 4 aromatic rings. The number of anilines is 1. The van der Waals surface area contributed by atoms with Gasteiger partial charge in [-0.25, -0.2) is 4.98 Å². The topological polar surface area (TPSA) is 86.9 Å². The molecule has 6 nitrogen and oxygen atoms in total. The van der Waals surface area contributed by atoms with Crippen molar-refractivity contribution in [1.82, 2.24) is 15.3 Å². The predicted molar refractivity (Wildman–Crippen MR) is 138 cm³/mol. The summed E-state index contributed by atoms with van der Waals surface area (Å²) in [7, 11) is 0. The van der Waals surface area contributed by atoms with Gasteiger partial charge in [0.25, 0.3) is 5.91 Å². The van der Waals surface area contributed by atoms with Gasteiger partial charge in [0.2, 0.25) is 5.91 Å². The van der Waals surface area contributed by atoms with Crippen LogP contribution in [0.4, 0.5) is 5.69 Å². The van der Waals surface area contributed by atoms with Crippen molar-refractivity contribution < 1.29 is 9.59 Å². The van der Waals surface area contributed by atoms with Crippen molar-refractivity contribution in [1.29, 1.82) is 0 Å². The van der Waals surface area contributed by atoms with Crippen molar-refractivity contribution in [2.75, 3.05) is 5.32 Å². The van der Waals surface area contributed by atoms with E-state index in [2.05, 4.69) is 40.5 Å². The summed E-state index contributed by atoms with van der Waals surface area (Å²) in [5.74, 6) is 1.10. The summed E-state index contributed by atoms with van der Waals surface area (Å²) in [6.07, 6.45) is 2.04. The Morgan fingerprint density at radius 2 is 1.85 bits per heavy atom. The molecule has 2 aromatic heterocycles. The molecule has 4 rings (SSSR count). The van der Waals surface area contributed by atoms with Crippen molar-refractivity contribution >= 4 is 39.9 Å². The van der Waals surface area contributed by atoms with E-state index in [9.17, 15) is 9.59 Å². The highest BCUT2D eigenvalue weighted by atomic mass is 32.1. The van der Waals surface area contributed by atoms with Crippen molar-refractivity contribution in [2.45, 2.75) is 46.1 Å². The molecule has 0 aliphatic carbocycles. The molecule has 176 valence electrons. The number of H-pyrrole nitrogens is 1. The Bertz CT molecular complexity index is 1260. The van der Waals surface area contributed by atoms with Gasteiger partial charge in [-0.15, -0.1) is 11.3 Å². The summed E-state index contributed by atoms with van der Waals surface area (Å²) < 4.78 is 0. The number of rotatable bonds is 9. The first kappa shape index (κ1) is 23.7. The number of aryl methyl sites for hydroxylation is 2. The molecule has 0 unspecified atom stereocenters. The number of amides is 2. The van der Waals surface area contributed by atoms with Crippen molar-refractivity contribution in [3.05, 3.63) is 81.8 Å². The number of hydrogen-bond acceptors (Lipinski definition) is 4. The molecule has 2 amide bonds. The van der Waals surface area contributed by atoms with Crippen LogP contribution in [0.1, 0.15) is 59.9 Å².